The summed E-state index contributed by atoms with van der Waals surface area (Å²) in [6.07, 6.45) is -5.22. The number of para-hydroxylation sites is 1. The first kappa shape index (κ1) is 34.0. The minimum absolute atomic E-state index is 0.0130. The lowest BCUT2D eigenvalue weighted by molar-refractivity contribution is -0.137. The number of alkyl halides is 3. The molecule has 4 aromatic rings. The Bertz CT molecular complexity index is 1790. The van der Waals surface area contributed by atoms with E-state index in [2.05, 4.69) is 16.0 Å². The third-order valence-corrected chi connectivity index (χ3v) is 8.24. The van der Waals surface area contributed by atoms with Gasteiger partial charge in [0, 0.05) is 30.6 Å². The van der Waals surface area contributed by atoms with Gasteiger partial charge in [-0.1, -0.05) is 49.4 Å². The van der Waals surface area contributed by atoms with E-state index in [-0.39, 0.29) is 48.3 Å². The van der Waals surface area contributed by atoms with Crippen LogP contribution < -0.4 is 20.7 Å². The minimum Gasteiger partial charge on any atom is -0.485 e. The van der Waals surface area contributed by atoms with Gasteiger partial charge in [0.1, 0.15) is 6.10 Å². The van der Waals surface area contributed by atoms with E-state index in [1.165, 1.54) is 29.0 Å². The molecule has 0 aliphatic carbocycles. The highest BCUT2D eigenvalue weighted by Crippen LogP contribution is 2.35. The SMILES string of the molecule is C[C@@H]1CN([C@@H](C)CO)C(=O)c2cccc(NC(=O)Nc3cccc4ccccc34)c2O[C@H]1CN(C)C(=O)Nc1ccc(C(F)(F)F)cc1. The summed E-state index contributed by atoms with van der Waals surface area (Å²) in [5.41, 5.74) is 0.291. The number of carbonyl (C=O) groups is 3. The van der Waals surface area contributed by atoms with Crippen LogP contribution in [0.2, 0.25) is 0 Å². The van der Waals surface area contributed by atoms with Crippen LogP contribution in [0.1, 0.15) is 29.8 Å². The largest absolute Gasteiger partial charge is 0.485 e. The van der Waals surface area contributed by atoms with Crippen LogP contribution in [0.4, 0.5) is 39.8 Å². The first-order valence-corrected chi connectivity index (χ1v) is 15.3. The first-order chi connectivity index (χ1) is 22.8. The van der Waals surface area contributed by atoms with Gasteiger partial charge in [-0.3, -0.25) is 4.79 Å². The summed E-state index contributed by atoms with van der Waals surface area (Å²) in [7, 11) is 1.51. The smallest absolute Gasteiger partial charge is 0.416 e. The molecule has 252 valence electrons. The van der Waals surface area contributed by atoms with E-state index < -0.39 is 41.9 Å². The summed E-state index contributed by atoms with van der Waals surface area (Å²) in [4.78, 5) is 43.0. The van der Waals surface area contributed by atoms with Crippen molar-refractivity contribution in [2.45, 2.75) is 32.2 Å². The molecule has 0 aromatic heterocycles. The van der Waals surface area contributed by atoms with E-state index in [4.69, 9.17) is 4.74 Å². The molecule has 0 spiro atoms. The molecule has 5 amide bonds. The Labute approximate surface area is 275 Å². The van der Waals surface area contributed by atoms with Gasteiger partial charge in [-0.25, -0.2) is 9.59 Å². The first-order valence-electron chi connectivity index (χ1n) is 15.3. The van der Waals surface area contributed by atoms with Crippen LogP contribution >= 0.6 is 0 Å². The highest BCUT2D eigenvalue weighted by atomic mass is 19.4. The number of nitrogens with zero attached hydrogens (tertiary/aromatic N) is 2. The van der Waals surface area contributed by atoms with E-state index in [1.54, 1.807) is 31.2 Å². The predicted octanol–water partition coefficient (Wildman–Crippen LogP) is 6.89. The number of urea groups is 2. The van der Waals surface area contributed by atoms with Crippen molar-refractivity contribution in [3.05, 3.63) is 96.1 Å². The molecule has 1 aliphatic rings. The van der Waals surface area contributed by atoms with Crippen LogP contribution in [0, 0.1) is 5.92 Å². The molecule has 0 radical (unpaired) electrons. The number of amides is 5. The predicted molar refractivity (Wildman–Crippen MR) is 177 cm³/mol. The standard InChI is InChI=1S/C35H36F3N5O5/c1-21-18-43(22(2)20-44)32(45)27-11-7-13-29(41-33(46)40-28-12-6-9-23-8-4-5-10-26(23)28)31(27)48-30(21)19-42(3)34(47)39-25-16-14-24(15-17-25)35(36,37)38/h4-17,21-22,30,44H,18-20H2,1-3H3,(H,39,47)(H2,40,41,46)/t21-,22+,30+/m1/s1. The maximum atomic E-state index is 13.8. The van der Waals surface area contributed by atoms with E-state index in [9.17, 15) is 32.7 Å². The lowest BCUT2D eigenvalue weighted by Gasteiger charge is -2.38. The maximum Gasteiger partial charge on any atom is 0.416 e. The summed E-state index contributed by atoms with van der Waals surface area (Å²) in [6.45, 7) is 3.47. The third-order valence-electron chi connectivity index (χ3n) is 8.24. The normalized spacial score (nSPS) is 17.0. The van der Waals surface area contributed by atoms with Crippen molar-refractivity contribution in [1.82, 2.24) is 9.80 Å². The summed E-state index contributed by atoms with van der Waals surface area (Å²) < 4.78 is 45.4. The number of hydrogen-bond donors (Lipinski definition) is 4. The fourth-order valence-corrected chi connectivity index (χ4v) is 5.48. The number of likely N-dealkylation sites (N-methyl/N-ethyl adjacent to an activating group) is 1. The molecule has 4 aromatic carbocycles. The molecule has 0 fully saturated rings. The van der Waals surface area contributed by atoms with Gasteiger partial charge in [-0.05, 0) is 54.8 Å². The summed E-state index contributed by atoms with van der Waals surface area (Å²) in [5.74, 6) is -0.669. The summed E-state index contributed by atoms with van der Waals surface area (Å²) >= 11 is 0. The number of nitrogens with one attached hydrogen (secondary N) is 3. The number of hydrogen-bond acceptors (Lipinski definition) is 5. The zero-order valence-corrected chi connectivity index (χ0v) is 26.5. The van der Waals surface area contributed by atoms with Crippen LogP contribution in [0.3, 0.4) is 0 Å². The number of rotatable bonds is 7. The second kappa shape index (κ2) is 14.2. The molecule has 1 aliphatic heterocycles. The van der Waals surface area contributed by atoms with E-state index in [0.717, 1.165) is 22.9 Å². The monoisotopic (exact) mass is 663 g/mol. The third kappa shape index (κ3) is 7.63. The second-order valence-corrected chi connectivity index (χ2v) is 11.8. The van der Waals surface area contributed by atoms with E-state index in [0.29, 0.717) is 5.69 Å². The molecule has 5 rings (SSSR count). The highest BCUT2D eigenvalue weighted by Gasteiger charge is 2.35. The summed E-state index contributed by atoms with van der Waals surface area (Å²) in [5, 5.41) is 20.0. The Morgan fingerprint density at radius 3 is 2.31 bits per heavy atom. The molecule has 0 saturated carbocycles. The fraction of sp³-hybridized carbons (Fsp3) is 0.286. The molecule has 48 heavy (non-hydrogen) atoms. The Morgan fingerprint density at radius 1 is 0.958 bits per heavy atom. The number of benzene rings is 4. The molecule has 1 heterocycles. The van der Waals surface area contributed by atoms with Crippen molar-refractivity contribution in [2.24, 2.45) is 5.92 Å². The number of aliphatic hydroxyl groups is 1. The topological polar surface area (TPSA) is 123 Å². The van der Waals surface area contributed by atoms with Gasteiger partial charge in [0.05, 0.1) is 41.7 Å². The van der Waals surface area contributed by atoms with E-state index >= 15 is 0 Å². The van der Waals surface area contributed by atoms with Gasteiger partial charge in [0.15, 0.2) is 5.75 Å². The molecule has 10 nitrogen and oxygen atoms in total. The molecule has 4 N–H and O–H groups in total. The molecular weight excluding hydrogens is 627 g/mol. The van der Waals surface area contributed by atoms with Crippen molar-refractivity contribution in [2.75, 3.05) is 42.7 Å². The zero-order valence-electron chi connectivity index (χ0n) is 26.5. The molecule has 0 unspecified atom stereocenters. The fourth-order valence-electron chi connectivity index (χ4n) is 5.48. The van der Waals surface area contributed by atoms with Crippen LogP contribution in [0.5, 0.6) is 5.75 Å². The van der Waals surface area contributed by atoms with Crippen molar-refractivity contribution in [3.8, 4) is 5.75 Å². The van der Waals surface area contributed by atoms with Crippen molar-refractivity contribution in [1.29, 1.82) is 0 Å². The quantitative estimate of drug-likeness (QED) is 0.172. The Morgan fingerprint density at radius 2 is 1.60 bits per heavy atom. The highest BCUT2D eigenvalue weighted by molar-refractivity contribution is 6.08. The van der Waals surface area contributed by atoms with Crippen LogP contribution in [-0.2, 0) is 6.18 Å². The Kier molecular flexibility index (Phi) is 10.1. The number of aliphatic hydroxyl groups excluding tert-OH is 1. The average Bonchev–Trinajstić information content (AvgIpc) is 3.06. The molecule has 0 saturated heterocycles. The zero-order chi connectivity index (χ0) is 34.6. The Balaban J connectivity index is 1.40. The number of halogens is 3. The van der Waals surface area contributed by atoms with Gasteiger partial charge in [0.25, 0.3) is 5.91 Å². The van der Waals surface area contributed by atoms with Gasteiger partial charge in [-0.15, -0.1) is 0 Å². The van der Waals surface area contributed by atoms with Gasteiger partial charge in [0.2, 0.25) is 0 Å². The number of fused-ring (bicyclic) bond motifs is 2. The Hall–Kier alpha value is -5.30. The van der Waals surface area contributed by atoms with Crippen LogP contribution in [-0.4, -0.2) is 71.8 Å². The minimum atomic E-state index is -4.51. The number of anilines is 3. The average molecular weight is 664 g/mol. The van der Waals surface area contributed by atoms with Crippen molar-refractivity contribution in [3.63, 3.8) is 0 Å². The maximum absolute atomic E-state index is 13.8. The van der Waals surface area contributed by atoms with Gasteiger partial charge >= 0.3 is 18.2 Å². The van der Waals surface area contributed by atoms with E-state index in [1.807, 2.05) is 43.3 Å². The number of ether oxygens (including phenoxy) is 1. The lowest BCUT2D eigenvalue weighted by atomic mass is 9.99. The van der Waals surface area contributed by atoms with Gasteiger partial charge < -0.3 is 35.6 Å². The van der Waals surface area contributed by atoms with Gasteiger partial charge in [-0.2, -0.15) is 13.2 Å². The van der Waals surface area contributed by atoms with Crippen LogP contribution in [0.25, 0.3) is 10.8 Å². The second-order valence-electron chi connectivity index (χ2n) is 11.8. The van der Waals surface area contributed by atoms with Crippen LogP contribution in [0.15, 0.2) is 84.9 Å². The molecule has 0 bridgehead atoms. The van der Waals surface area contributed by atoms with Crippen molar-refractivity contribution < 1.29 is 37.4 Å². The number of carbonyl (C=O) groups excluding carboxylic acids is 3. The van der Waals surface area contributed by atoms with Crippen molar-refractivity contribution >= 4 is 45.8 Å². The lowest BCUT2D eigenvalue weighted by Crippen LogP contribution is -2.50. The molecule has 13 heteroatoms. The molecule has 3 atom stereocenters. The summed E-state index contributed by atoms with van der Waals surface area (Å²) in [6, 6.07) is 20.3. The molecular formula is C35H36F3N5O5.